The highest BCUT2D eigenvalue weighted by molar-refractivity contribution is 7.12. The molecular weight excluding hydrogens is 214 g/mol. The van der Waals surface area contributed by atoms with Gasteiger partial charge in [0.15, 0.2) is 0 Å². The molecular formula is C10H11NO3S. The molecule has 0 spiro atoms. The fourth-order valence-electron chi connectivity index (χ4n) is 1.86. The molecule has 1 N–H and O–H groups in total. The molecule has 0 aliphatic heterocycles. The van der Waals surface area contributed by atoms with Gasteiger partial charge in [-0.15, -0.1) is 11.3 Å². The largest absolute Gasteiger partial charge is 0.469 e. The van der Waals surface area contributed by atoms with Crippen molar-refractivity contribution < 1.29 is 14.7 Å². The molecule has 1 aliphatic carbocycles. The summed E-state index contributed by atoms with van der Waals surface area (Å²) in [6.45, 7) is 0. The van der Waals surface area contributed by atoms with Crippen LogP contribution >= 0.6 is 11.3 Å². The molecule has 1 unspecified atom stereocenters. The molecule has 0 bridgehead atoms. The van der Waals surface area contributed by atoms with Crippen LogP contribution in [0.4, 0.5) is 0 Å². The lowest BCUT2D eigenvalue weighted by Crippen LogP contribution is -2.06. The van der Waals surface area contributed by atoms with Gasteiger partial charge in [-0.05, 0) is 17.0 Å². The van der Waals surface area contributed by atoms with Crippen LogP contribution in [0.25, 0.3) is 0 Å². The maximum absolute atomic E-state index is 11.2. The van der Waals surface area contributed by atoms with Crippen molar-refractivity contribution in [2.45, 2.75) is 18.8 Å². The van der Waals surface area contributed by atoms with Gasteiger partial charge in [0.05, 0.1) is 24.1 Å². The minimum atomic E-state index is -0.226. The summed E-state index contributed by atoms with van der Waals surface area (Å²) in [4.78, 5) is 12.2. The third-order valence-corrected chi connectivity index (χ3v) is 3.58. The Morgan fingerprint density at radius 3 is 3.27 bits per heavy atom. The predicted octanol–water partition coefficient (Wildman–Crippen LogP) is 1.98. The van der Waals surface area contributed by atoms with Crippen LogP contribution in [0.5, 0.6) is 0 Å². The van der Waals surface area contributed by atoms with Crippen molar-refractivity contribution in [1.29, 1.82) is 0 Å². The molecule has 0 fully saturated rings. The third-order valence-electron chi connectivity index (χ3n) is 2.60. The predicted molar refractivity (Wildman–Crippen MR) is 56.6 cm³/mol. The second-order valence-corrected chi connectivity index (χ2v) is 4.35. The quantitative estimate of drug-likeness (QED) is 0.475. The van der Waals surface area contributed by atoms with E-state index in [1.165, 1.54) is 7.11 Å². The van der Waals surface area contributed by atoms with Gasteiger partial charge in [0.25, 0.3) is 0 Å². The Balaban J connectivity index is 2.22. The Bertz CT molecular complexity index is 411. The average Bonchev–Trinajstić information content (AvgIpc) is 2.81. The first-order chi connectivity index (χ1) is 7.26. The van der Waals surface area contributed by atoms with Crippen molar-refractivity contribution in [3.63, 3.8) is 0 Å². The molecule has 5 heteroatoms. The molecule has 1 heterocycles. The standard InChI is InChI=1S/C10H11NO3S/c1-14-9(12)5-6-4-8(11-13)10-7(6)2-3-15-10/h2-3,6,13H,4-5H2,1H3/b11-8-. The highest BCUT2D eigenvalue weighted by Gasteiger charge is 2.31. The lowest BCUT2D eigenvalue weighted by molar-refractivity contribution is -0.141. The molecule has 0 radical (unpaired) electrons. The van der Waals surface area contributed by atoms with E-state index in [1.807, 2.05) is 11.4 Å². The minimum Gasteiger partial charge on any atom is -0.469 e. The van der Waals surface area contributed by atoms with Gasteiger partial charge in [0, 0.05) is 12.3 Å². The summed E-state index contributed by atoms with van der Waals surface area (Å²) in [6.07, 6.45) is 0.965. The number of hydrogen-bond acceptors (Lipinski definition) is 5. The van der Waals surface area contributed by atoms with Gasteiger partial charge in [-0.1, -0.05) is 5.16 Å². The molecule has 1 aromatic heterocycles. The van der Waals surface area contributed by atoms with E-state index in [0.717, 1.165) is 10.4 Å². The van der Waals surface area contributed by atoms with E-state index in [0.29, 0.717) is 18.6 Å². The molecule has 1 atom stereocenters. The monoisotopic (exact) mass is 225 g/mol. The highest BCUT2D eigenvalue weighted by atomic mass is 32.1. The van der Waals surface area contributed by atoms with Crippen molar-refractivity contribution in [3.05, 3.63) is 21.9 Å². The lowest BCUT2D eigenvalue weighted by atomic mass is 10.00. The van der Waals surface area contributed by atoms with Gasteiger partial charge in [-0.2, -0.15) is 0 Å². The van der Waals surface area contributed by atoms with Crippen LogP contribution in [0, 0.1) is 0 Å². The normalized spacial score (nSPS) is 21.7. The zero-order valence-corrected chi connectivity index (χ0v) is 9.08. The zero-order valence-electron chi connectivity index (χ0n) is 8.27. The van der Waals surface area contributed by atoms with E-state index in [1.54, 1.807) is 11.3 Å². The molecule has 0 saturated carbocycles. The van der Waals surface area contributed by atoms with E-state index < -0.39 is 0 Å². The van der Waals surface area contributed by atoms with E-state index in [4.69, 9.17) is 5.21 Å². The maximum atomic E-state index is 11.2. The van der Waals surface area contributed by atoms with Crippen LogP contribution in [0.15, 0.2) is 16.6 Å². The van der Waals surface area contributed by atoms with Gasteiger partial charge < -0.3 is 9.94 Å². The fourth-order valence-corrected chi connectivity index (χ4v) is 2.85. The molecule has 0 aromatic carbocycles. The summed E-state index contributed by atoms with van der Waals surface area (Å²) >= 11 is 1.54. The second kappa shape index (κ2) is 4.02. The highest BCUT2D eigenvalue weighted by Crippen LogP contribution is 2.39. The van der Waals surface area contributed by atoms with Crippen LogP contribution < -0.4 is 0 Å². The van der Waals surface area contributed by atoms with Crippen molar-refractivity contribution in [1.82, 2.24) is 0 Å². The smallest absolute Gasteiger partial charge is 0.306 e. The minimum absolute atomic E-state index is 0.101. The molecule has 4 nitrogen and oxygen atoms in total. The Labute approximate surface area is 91.2 Å². The number of hydrogen-bond donors (Lipinski definition) is 1. The van der Waals surface area contributed by atoms with Gasteiger partial charge >= 0.3 is 5.97 Å². The third kappa shape index (κ3) is 1.74. The van der Waals surface area contributed by atoms with E-state index >= 15 is 0 Å². The Kier molecular flexibility index (Phi) is 2.73. The van der Waals surface area contributed by atoms with Crippen molar-refractivity contribution in [3.8, 4) is 0 Å². The molecule has 1 aliphatic rings. The summed E-state index contributed by atoms with van der Waals surface area (Å²) in [5.74, 6) is -0.124. The number of methoxy groups -OCH3 is 1. The zero-order chi connectivity index (χ0) is 10.8. The SMILES string of the molecule is COC(=O)CC1C/C(=N/O)c2sccc21. The number of carbonyl (C=O) groups excluding carboxylic acids is 1. The van der Waals surface area contributed by atoms with Crippen molar-refractivity contribution in [2.24, 2.45) is 5.16 Å². The summed E-state index contributed by atoms with van der Waals surface area (Å²) in [6, 6.07) is 1.98. The second-order valence-electron chi connectivity index (χ2n) is 3.43. The summed E-state index contributed by atoms with van der Waals surface area (Å²) in [5, 5.41) is 14.0. The lowest BCUT2D eigenvalue weighted by Gasteiger charge is -2.06. The Hall–Kier alpha value is -1.36. The Morgan fingerprint density at radius 1 is 1.80 bits per heavy atom. The van der Waals surface area contributed by atoms with Crippen molar-refractivity contribution >= 4 is 23.0 Å². The number of nitrogens with zero attached hydrogens (tertiary/aromatic N) is 1. The number of esters is 1. The van der Waals surface area contributed by atoms with Crippen LogP contribution in [-0.4, -0.2) is 24.0 Å². The summed E-state index contributed by atoms with van der Waals surface area (Å²) in [5.41, 5.74) is 1.77. The first-order valence-electron chi connectivity index (χ1n) is 4.61. The summed E-state index contributed by atoms with van der Waals surface area (Å²) in [7, 11) is 1.38. The van der Waals surface area contributed by atoms with Crippen molar-refractivity contribution in [2.75, 3.05) is 7.11 Å². The Morgan fingerprint density at radius 2 is 2.60 bits per heavy atom. The van der Waals surface area contributed by atoms with Crippen LogP contribution in [-0.2, 0) is 9.53 Å². The fraction of sp³-hybridized carbons (Fsp3) is 0.400. The van der Waals surface area contributed by atoms with E-state index in [9.17, 15) is 4.79 Å². The number of fused-ring (bicyclic) bond motifs is 1. The van der Waals surface area contributed by atoms with Crippen LogP contribution in [0.3, 0.4) is 0 Å². The number of oxime groups is 1. The van der Waals surface area contributed by atoms with Gasteiger partial charge in [0.2, 0.25) is 0 Å². The number of thiophene rings is 1. The molecule has 1 aromatic rings. The topological polar surface area (TPSA) is 58.9 Å². The molecule has 2 rings (SSSR count). The van der Waals surface area contributed by atoms with Crippen LogP contribution in [0.1, 0.15) is 29.2 Å². The van der Waals surface area contributed by atoms with Gasteiger partial charge in [-0.3, -0.25) is 4.79 Å². The van der Waals surface area contributed by atoms with Gasteiger partial charge in [0.1, 0.15) is 0 Å². The van der Waals surface area contributed by atoms with E-state index in [2.05, 4.69) is 9.89 Å². The molecule has 15 heavy (non-hydrogen) atoms. The maximum Gasteiger partial charge on any atom is 0.306 e. The van der Waals surface area contributed by atoms with Gasteiger partial charge in [-0.25, -0.2) is 0 Å². The number of ether oxygens (including phenoxy) is 1. The summed E-state index contributed by atoms with van der Waals surface area (Å²) < 4.78 is 4.63. The van der Waals surface area contributed by atoms with E-state index in [-0.39, 0.29) is 11.9 Å². The number of rotatable bonds is 2. The van der Waals surface area contributed by atoms with Crippen LogP contribution in [0.2, 0.25) is 0 Å². The molecule has 80 valence electrons. The number of carbonyl (C=O) groups is 1. The first-order valence-corrected chi connectivity index (χ1v) is 5.49. The molecule has 0 amide bonds. The molecule has 0 saturated heterocycles. The average molecular weight is 225 g/mol. The first kappa shape index (κ1) is 10.2.